The molecule has 0 aliphatic heterocycles. The van der Waals surface area contributed by atoms with E-state index < -0.39 is 15.8 Å². The molecule has 0 aromatic heterocycles. The first-order valence-corrected chi connectivity index (χ1v) is 17.0. The molecule has 6 rings (SSSR count). The predicted octanol–water partition coefficient (Wildman–Crippen LogP) is 8.48. The maximum Gasteiger partial charge on any atom is 2.00 e. The van der Waals surface area contributed by atoms with Crippen molar-refractivity contribution in [3.8, 4) is 0 Å². The molecule has 0 nitrogen and oxygen atoms in total. The Morgan fingerprint density at radius 2 is 0.575 bits per heavy atom. The Kier molecular flexibility index (Phi) is 18.4. The van der Waals surface area contributed by atoms with Crippen LogP contribution in [0.5, 0.6) is 0 Å². The van der Waals surface area contributed by atoms with E-state index in [4.69, 9.17) is 0 Å². The third-order valence-corrected chi connectivity index (χ3v) is 14.5. The molecule has 2 aliphatic rings. The zero-order valence-corrected chi connectivity index (χ0v) is 28.7. The minimum atomic E-state index is -0.577. The van der Waals surface area contributed by atoms with E-state index in [0.29, 0.717) is 0 Å². The first-order chi connectivity index (χ1) is 17.9. The van der Waals surface area contributed by atoms with Crippen molar-refractivity contribution in [2.45, 2.75) is 62.7 Å². The van der Waals surface area contributed by atoms with Gasteiger partial charge < -0.3 is 14.9 Å². The molecule has 0 bridgehead atoms. The van der Waals surface area contributed by atoms with Gasteiger partial charge in [0.25, 0.3) is 0 Å². The fraction of sp³-hybridized carbons (Fsp3) is 0.278. The molecule has 0 atom stereocenters. The quantitative estimate of drug-likeness (QED) is 0.108. The maximum atomic E-state index is 2.33. The first kappa shape index (κ1) is 36.9. The van der Waals surface area contributed by atoms with Crippen LogP contribution >= 0.6 is 15.8 Å². The minimum Gasteiger partial charge on any atom is -0.358 e. The summed E-state index contributed by atoms with van der Waals surface area (Å²) < 4.78 is 0. The summed E-state index contributed by atoms with van der Waals surface area (Å²) in [4.78, 5) is 0. The van der Waals surface area contributed by atoms with Crippen LogP contribution in [0.2, 0.25) is 0 Å². The van der Waals surface area contributed by atoms with E-state index >= 15 is 0 Å². The van der Waals surface area contributed by atoms with Gasteiger partial charge in [-0.25, -0.2) is 0 Å². The Bertz CT molecular complexity index is 973. The van der Waals surface area contributed by atoms with Crippen molar-refractivity contribution in [3.05, 3.63) is 136 Å². The molecule has 4 aromatic rings. The summed E-state index contributed by atoms with van der Waals surface area (Å²) >= 11 is 0. The second kappa shape index (κ2) is 19.9. The van der Waals surface area contributed by atoms with Crippen LogP contribution in [0.15, 0.2) is 121 Å². The summed E-state index contributed by atoms with van der Waals surface area (Å²) in [6, 6.07) is 44.7. The van der Waals surface area contributed by atoms with Gasteiger partial charge in [0.05, 0.1) is 48.4 Å². The maximum absolute atomic E-state index is 2.33. The smallest absolute Gasteiger partial charge is 0.358 e. The second-order valence-electron chi connectivity index (χ2n) is 10.3. The van der Waals surface area contributed by atoms with Crippen molar-refractivity contribution >= 4 is 37.1 Å². The van der Waals surface area contributed by atoms with Crippen molar-refractivity contribution < 1.29 is 37.5 Å². The molecule has 0 radical (unpaired) electrons. The van der Waals surface area contributed by atoms with E-state index in [2.05, 4.69) is 121 Å². The fourth-order valence-corrected chi connectivity index (χ4v) is 12.9. The van der Waals surface area contributed by atoms with Crippen LogP contribution < -0.4 is 21.2 Å². The SMILES string of the molecule is [CH3-].[CH3-].[Fe+2].[Pd].c1ccc([PH+](c2ccccc2)C2CCCC2)cc1.c1ccc([PH+](c2ccccc2)C2CCCC2)cc1. The minimum absolute atomic E-state index is 0. The summed E-state index contributed by atoms with van der Waals surface area (Å²) in [5.74, 6) is 0. The predicted molar refractivity (Wildman–Crippen MR) is 178 cm³/mol. The van der Waals surface area contributed by atoms with E-state index in [1.54, 1.807) is 21.2 Å². The number of hydrogen-bond acceptors (Lipinski definition) is 0. The molecule has 40 heavy (non-hydrogen) atoms. The van der Waals surface area contributed by atoms with Crippen LogP contribution in [-0.4, -0.2) is 11.3 Å². The molecule has 216 valence electrons. The molecule has 4 aromatic carbocycles. The summed E-state index contributed by atoms with van der Waals surface area (Å²) in [6.07, 6.45) is 11.4. The third-order valence-electron chi connectivity index (χ3n) is 7.87. The molecule has 0 heterocycles. The van der Waals surface area contributed by atoms with Gasteiger partial charge in [0.2, 0.25) is 0 Å². The van der Waals surface area contributed by atoms with Gasteiger partial charge in [-0.2, -0.15) is 0 Å². The standard InChI is InChI=1S/2C17H19P.2CH3.Fe.Pd/c2*1-3-9-15(10-4-1)18(17-13-7-8-14-17)16-11-5-2-6-12-16;;;;/h2*1-6,9-12,17H,7-8,13-14H2;2*1H3;;/q;;2*-1;+2;/p+2. The molecule has 2 saturated carbocycles. The normalized spacial score (nSPS) is 14.7. The summed E-state index contributed by atoms with van der Waals surface area (Å²) in [5.41, 5.74) is 1.86. The Balaban J connectivity index is 0.000000364. The Morgan fingerprint density at radius 3 is 0.775 bits per heavy atom. The van der Waals surface area contributed by atoms with Crippen LogP contribution in [0.4, 0.5) is 0 Å². The van der Waals surface area contributed by atoms with E-state index in [9.17, 15) is 0 Å². The van der Waals surface area contributed by atoms with E-state index in [-0.39, 0.29) is 52.3 Å². The zero-order chi connectivity index (χ0) is 24.4. The van der Waals surface area contributed by atoms with Crippen LogP contribution in [0.1, 0.15) is 51.4 Å². The Hall–Kier alpha value is -1.08. The summed E-state index contributed by atoms with van der Waals surface area (Å²) in [7, 11) is -1.15. The van der Waals surface area contributed by atoms with Crippen molar-refractivity contribution in [1.82, 2.24) is 0 Å². The topological polar surface area (TPSA) is 0 Å². The summed E-state index contributed by atoms with van der Waals surface area (Å²) in [5, 5.41) is 6.34. The fourth-order valence-electron chi connectivity index (χ4n) is 6.18. The van der Waals surface area contributed by atoms with Gasteiger partial charge >= 0.3 is 17.1 Å². The van der Waals surface area contributed by atoms with Crippen molar-refractivity contribution in [2.24, 2.45) is 0 Å². The molecule has 0 saturated heterocycles. The van der Waals surface area contributed by atoms with Gasteiger partial charge in [-0.3, -0.25) is 0 Å². The molecular formula is C36H46FeP2Pd+2. The second-order valence-corrected chi connectivity index (χ2v) is 15.9. The first-order valence-electron chi connectivity index (χ1n) is 13.9. The van der Waals surface area contributed by atoms with Gasteiger partial charge in [0, 0.05) is 20.4 Å². The average Bonchev–Trinajstić information content (AvgIpc) is 3.68. The van der Waals surface area contributed by atoms with Crippen LogP contribution in [0.3, 0.4) is 0 Å². The molecule has 0 unspecified atom stereocenters. The van der Waals surface area contributed by atoms with Gasteiger partial charge in [-0.15, -0.1) is 0 Å². The number of rotatable bonds is 6. The van der Waals surface area contributed by atoms with Gasteiger partial charge in [-0.05, 0) is 99.9 Å². The Morgan fingerprint density at radius 1 is 0.375 bits per heavy atom. The average molecular weight is 703 g/mol. The van der Waals surface area contributed by atoms with E-state index in [1.807, 2.05) is 0 Å². The van der Waals surface area contributed by atoms with Gasteiger partial charge in [0.1, 0.15) is 0 Å². The van der Waals surface area contributed by atoms with Gasteiger partial charge in [0.15, 0.2) is 0 Å². The zero-order valence-electron chi connectivity index (χ0n) is 24.0. The van der Waals surface area contributed by atoms with Crippen molar-refractivity contribution in [3.63, 3.8) is 0 Å². The van der Waals surface area contributed by atoms with E-state index in [0.717, 1.165) is 11.3 Å². The molecule has 2 aliphatic carbocycles. The molecule has 0 N–H and O–H groups in total. The number of hydrogen-bond donors (Lipinski definition) is 0. The van der Waals surface area contributed by atoms with Gasteiger partial charge in [-0.1, -0.05) is 72.8 Å². The molecule has 0 amide bonds. The molecule has 0 spiro atoms. The van der Waals surface area contributed by atoms with Crippen molar-refractivity contribution in [2.75, 3.05) is 0 Å². The van der Waals surface area contributed by atoms with E-state index in [1.165, 1.54) is 51.4 Å². The number of benzene rings is 4. The molecule has 2 fully saturated rings. The third kappa shape index (κ3) is 10.0. The largest absolute Gasteiger partial charge is 2.00 e. The van der Waals surface area contributed by atoms with Crippen molar-refractivity contribution in [1.29, 1.82) is 0 Å². The monoisotopic (exact) mass is 702 g/mol. The molecule has 4 heteroatoms. The van der Waals surface area contributed by atoms with Crippen LogP contribution in [-0.2, 0) is 37.5 Å². The Labute approximate surface area is 271 Å². The van der Waals surface area contributed by atoms with Crippen LogP contribution in [0, 0.1) is 14.9 Å². The summed E-state index contributed by atoms with van der Waals surface area (Å²) in [6.45, 7) is 0. The van der Waals surface area contributed by atoms with Crippen LogP contribution in [0.25, 0.3) is 0 Å². The molecular weight excluding hydrogens is 657 g/mol.